The molecule has 2 unspecified atom stereocenters. The zero-order valence-corrected chi connectivity index (χ0v) is 12.8. The van der Waals surface area contributed by atoms with Crippen LogP contribution in [0.15, 0.2) is 0 Å². The van der Waals surface area contributed by atoms with Crippen molar-refractivity contribution in [2.75, 3.05) is 6.54 Å². The highest BCUT2D eigenvalue weighted by Crippen LogP contribution is 2.42. The first kappa shape index (κ1) is 13.9. The average molecular weight is 265 g/mol. The lowest BCUT2D eigenvalue weighted by atomic mass is 9.76. The normalized spacial score (nSPS) is 37.9. The largest absolute Gasteiger partial charge is 0.372 e. The van der Waals surface area contributed by atoms with Crippen molar-refractivity contribution in [1.29, 1.82) is 0 Å². The first-order chi connectivity index (χ1) is 9.15. The van der Waals surface area contributed by atoms with Gasteiger partial charge < -0.3 is 10.1 Å². The van der Waals surface area contributed by atoms with Crippen molar-refractivity contribution in [3.8, 4) is 0 Å². The Morgan fingerprint density at radius 3 is 2.26 bits per heavy atom. The second kappa shape index (κ2) is 5.73. The lowest BCUT2D eigenvalue weighted by Gasteiger charge is -2.46. The van der Waals surface area contributed by atoms with Gasteiger partial charge in [0.1, 0.15) is 0 Å². The molecule has 0 aromatic carbocycles. The molecule has 0 heterocycles. The second-order valence-corrected chi connectivity index (χ2v) is 7.67. The molecular formula is C17H31NO. The summed E-state index contributed by atoms with van der Waals surface area (Å²) in [5.74, 6) is 1.71. The maximum absolute atomic E-state index is 6.62. The third-order valence-electron chi connectivity index (χ3n) is 5.41. The van der Waals surface area contributed by atoms with Crippen LogP contribution in [0.3, 0.4) is 0 Å². The summed E-state index contributed by atoms with van der Waals surface area (Å²) in [7, 11) is 0. The van der Waals surface area contributed by atoms with Gasteiger partial charge in [0, 0.05) is 6.04 Å². The summed E-state index contributed by atoms with van der Waals surface area (Å²) in [5, 5.41) is 3.66. The van der Waals surface area contributed by atoms with Crippen LogP contribution < -0.4 is 5.32 Å². The molecule has 0 radical (unpaired) electrons. The second-order valence-electron chi connectivity index (χ2n) is 7.67. The number of hydrogen-bond donors (Lipinski definition) is 1. The molecule has 19 heavy (non-hydrogen) atoms. The molecule has 2 atom stereocenters. The molecule has 1 N–H and O–H groups in total. The highest BCUT2D eigenvalue weighted by Gasteiger charge is 2.41. The number of nitrogens with one attached hydrogen (secondary N) is 1. The monoisotopic (exact) mass is 265 g/mol. The van der Waals surface area contributed by atoms with E-state index in [4.69, 9.17) is 4.74 Å². The molecule has 3 aliphatic rings. The highest BCUT2D eigenvalue weighted by molar-refractivity contribution is 4.93. The number of ether oxygens (including phenoxy) is 1. The lowest BCUT2D eigenvalue weighted by Crippen LogP contribution is -2.46. The molecule has 0 aromatic heterocycles. The van der Waals surface area contributed by atoms with E-state index in [2.05, 4.69) is 19.2 Å². The van der Waals surface area contributed by atoms with E-state index in [1.165, 1.54) is 64.3 Å². The van der Waals surface area contributed by atoms with Gasteiger partial charge in [-0.2, -0.15) is 0 Å². The van der Waals surface area contributed by atoms with E-state index in [9.17, 15) is 0 Å². The van der Waals surface area contributed by atoms with Gasteiger partial charge in [0.2, 0.25) is 0 Å². The molecule has 0 aliphatic heterocycles. The summed E-state index contributed by atoms with van der Waals surface area (Å²) in [6.07, 6.45) is 12.5. The molecule has 3 aliphatic carbocycles. The van der Waals surface area contributed by atoms with Crippen LogP contribution in [0, 0.1) is 11.8 Å². The van der Waals surface area contributed by atoms with Crippen LogP contribution in [0.5, 0.6) is 0 Å². The van der Waals surface area contributed by atoms with Gasteiger partial charge in [0.05, 0.1) is 11.7 Å². The Kier molecular flexibility index (Phi) is 4.19. The summed E-state index contributed by atoms with van der Waals surface area (Å²) in [6.45, 7) is 5.96. The third kappa shape index (κ3) is 3.72. The molecule has 0 aromatic rings. The van der Waals surface area contributed by atoms with Gasteiger partial charge in [-0.25, -0.2) is 0 Å². The van der Waals surface area contributed by atoms with Crippen LogP contribution in [0.4, 0.5) is 0 Å². The minimum atomic E-state index is 0.253. The SMILES string of the molecule is CC1CC(C)CC(OC2(CCNC3CC3)CCC2)C1. The molecule has 110 valence electrons. The first-order valence-corrected chi connectivity index (χ1v) is 8.56. The molecule has 2 heteroatoms. The number of rotatable bonds is 6. The third-order valence-corrected chi connectivity index (χ3v) is 5.41. The summed E-state index contributed by atoms with van der Waals surface area (Å²) in [6, 6.07) is 0.840. The smallest absolute Gasteiger partial charge is 0.0698 e. The molecule has 0 saturated heterocycles. The summed E-state index contributed by atoms with van der Waals surface area (Å²) < 4.78 is 6.62. The Hall–Kier alpha value is -0.0800. The maximum Gasteiger partial charge on any atom is 0.0698 e. The van der Waals surface area contributed by atoms with Crippen LogP contribution in [-0.2, 0) is 4.74 Å². The molecule has 0 spiro atoms. The standard InChI is InChI=1S/C17H31NO/c1-13-10-14(2)12-16(11-13)19-17(6-3-7-17)8-9-18-15-4-5-15/h13-16,18H,3-12H2,1-2H3. The molecule has 3 fully saturated rings. The van der Waals surface area contributed by atoms with Crippen molar-refractivity contribution < 1.29 is 4.74 Å². The van der Waals surface area contributed by atoms with Crippen molar-refractivity contribution in [3.63, 3.8) is 0 Å². The Bertz CT molecular complexity index is 286. The van der Waals surface area contributed by atoms with Gasteiger partial charge in [-0.05, 0) is 76.2 Å². The Balaban J connectivity index is 1.47. The molecule has 3 saturated carbocycles. The minimum Gasteiger partial charge on any atom is -0.372 e. The fraction of sp³-hybridized carbons (Fsp3) is 1.00. The van der Waals surface area contributed by atoms with E-state index in [1.54, 1.807) is 0 Å². The first-order valence-electron chi connectivity index (χ1n) is 8.56. The van der Waals surface area contributed by atoms with Crippen LogP contribution in [0.1, 0.15) is 71.6 Å². The molecule has 3 rings (SSSR count). The van der Waals surface area contributed by atoms with E-state index < -0.39 is 0 Å². The molecule has 2 nitrogen and oxygen atoms in total. The summed E-state index contributed by atoms with van der Waals surface area (Å²) in [5.41, 5.74) is 0.253. The van der Waals surface area contributed by atoms with Gasteiger partial charge >= 0.3 is 0 Å². The number of hydrogen-bond acceptors (Lipinski definition) is 2. The fourth-order valence-electron chi connectivity index (χ4n) is 4.11. The van der Waals surface area contributed by atoms with Gasteiger partial charge in [-0.1, -0.05) is 13.8 Å². The van der Waals surface area contributed by atoms with Crippen LogP contribution in [-0.4, -0.2) is 24.3 Å². The lowest BCUT2D eigenvalue weighted by molar-refractivity contribution is -0.159. The van der Waals surface area contributed by atoms with Crippen LogP contribution in [0.2, 0.25) is 0 Å². The van der Waals surface area contributed by atoms with Crippen molar-refractivity contribution >= 4 is 0 Å². The summed E-state index contributed by atoms with van der Waals surface area (Å²) in [4.78, 5) is 0. The zero-order chi connectivity index (χ0) is 13.3. The summed E-state index contributed by atoms with van der Waals surface area (Å²) >= 11 is 0. The van der Waals surface area contributed by atoms with Gasteiger partial charge in [0.25, 0.3) is 0 Å². The van der Waals surface area contributed by atoms with E-state index in [1.807, 2.05) is 0 Å². The van der Waals surface area contributed by atoms with E-state index in [-0.39, 0.29) is 5.60 Å². The maximum atomic E-state index is 6.62. The van der Waals surface area contributed by atoms with E-state index >= 15 is 0 Å². The molecular weight excluding hydrogens is 234 g/mol. The van der Waals surface area contributed by atoms with E-state index in [0.29, 0.717) is 6.10 Å². The molecule has 0 bridgehead atoms. The van der Waals surface area contributed by atoms with Crippen molar-refractivity contribution in [1.82, 2.24) is 5.32 Å². The van der Waals surface area contributed by atoms with E-state index in [0.717, 1.165) is 17.9 Å². The van der Waals surface area contributed by atoms with Crippen LogP contribution in [0.25, 0.3) is 0 Å². The van der Waals surface area contributed by atoms with Crippen molar-refractivity contribution in [2.24, 2.45) is 11.8 Å². The van der Waals surface area contributed by atoms with Crippen molar-refractivity contribution in [3.05, 3.63) is 0 Å². The van der Waals surface area contributed by atoms with Gasteiger partial charge in [-0.15, -0.1) is 0 Å². The highest BCUT2D eigenvalue weighted by atomic mass is 16.5. The Morgan fingerprint density at radius 2 is 1.74 bits per heavy atom. The molecule has 0 amide bonds. The zero-order valence-electron chi connectivity index (χ0n) is 12.8. The topological polar surface area (TPSA) is 21.3 Å². The minimum absolute atomic E-state index is 0.253. The Morgan fingerprint density at radius 1 is 1.05 bits per heavy atom. The van der Waals surface area contributed by atoms with Gasteiger partial charge in [-0.3, -0.25) is 0 Å². The quantitative estimate of drug-likeness (QED) is 0.786. The average Bonchev–Trinajstić information content (AvgIpc) is 3.08. The van der Waals surface area contributed by atoms with Crippen molar-refractivity contribution in [2.45, 2.75) is 89.4 Å². The predicted molar refractivity (Wildman–Crippen MR) is 79.3 cm³/mol. The van der Waals surface area contributed by atoms with Crippen LogP contribution >= 0.6 is 0 Å². The van der Waals surface area contributed by atoms with Gasteiger partial charge in [0.15, 0.2) is 0 Å². The predicted octanol–water partition coefficient (Wildman–Crippen LogP) is 3.89. The Labute approximate surface area is 118 Å². The fourth-order valence-corrected chi connectivity index (χ4v) is 4.11.